The number of nitriles is 1. The Labute approximate surface area is 126 Å². The maximum atomic E-state index is 9.15. The van der Waals surface area contributed by atoms with Crippen molar-refractivity contribution in [3.8, 4) is 22.9 Å². The molecule has 3 aromatic rings. The van der Waals surface area contributed by atoms with Crippen LogP contribution >= 0.6 is 0 Å². The zero-order valence-corrected chi connectivity index (χ0v) is 12.0. The second-order valence-electron chi connectivity index (χ2n) is 5.28. The van der Waals surface area contributed by atoms with Gasteiger partial charge in [-0.15, -0.1) is 0 Å². The van der Waals surface area contributed by atoms with Gasteiger partial charge in [0.15, 0.2) is 0 Å². The van der Waals surface area contributed by atoms with Crippen molar-refractivity contribution in [3.63, 3.8) is 0 Å². The summed E-state index contributed by atoms with van der Waals surface area (Å²) in [5.41, 5.74) is 3.14. The van der Waals surface area contributed by atoms with E-state index in [4.69, 9.17) is 10.00 Å². The van der Waals surface area contributed by atoms with Gasteiger partial charge in [0, 0.05) is 36.6 Å². The van der Waals surface area contributed by atoms with E-state index in [-0.39, 0.29) is 0 Å². The molecule has 1 aliphatic heterocycles. The fourth-order valence-corrected chi connectivity index (χ4v) is 2.63. The van der Waals surface area contributed by atoms with E-state index in [0.29, 0.717) is 22.9 Å². The summed E-state index contributed by atoms with van der Waals surface area (Å²) in [6.45, 7) is 1.91. The molecule has 7 heteroatoms. The summed E-state index contributed by atoms with van der Waals surface area (Å²) in [6, 6.07) is 4.47. The van der Waals surface area contributed by atoms with E-state index < -0.39 is 0 Å². The van der Waals surface area contributed by atoms with Gasteiger partial charge in [-0.05, 0) is 6.07 Å². The molecule has 0 unspecified atom stereocenters. The van der Waals surface area contributed by atoms with Gasteiger partial charge in [0.1, 0.15) is 22.9 Å². The Morgan fingerprint density at radius 1 is 1.27 bits per heavy atom. The number of ether oxygens (including phenoxy) is 1. The first-order chi connectivity index (χ1) is 10.8. The molecule has 7 nitrogen and oxygen atoms in total. The summed E-state index contributed by atoms with van der Waals surface area (Å²) < 4.78 is 9.08. The van der Waals surface area contributed by atoms with Crippen molar-refractivity contribution in [2.24, 2.45) is 0 Å². The molecule has 1 fully saturated rings. The maximum absolute atomic E-state index is 9.15. The van der Waals surface area contributed by atoms with Crippen LogP contribution < -0.4 is 10.1 Å². The Balaban J connectivity index is 1.81. The van der Waals surface area contributed by atoms with Crippen molar-refractivity contribution in [2.75, 3.05) is 20.2 Å². The summed E-state index contributed by atoms with van der Waals surface area (Å²) in [7, 11) is 1.59. The highest BCUT2D eigenvalue weighted by Crippen LogP contribution is 2.30. The standard InChI is InChI=1S/C15H14N6O/c1-22-14-2-10(8-21-15(14)11(3-16)4-19-21)12-5-18-20(9-12)13-6-17-7-13/h2,4-5,8-9,13,17H,6-7H2,1H3. The summed E-state index contributed by atoms with van der Waals surface area (Å²) >= 11 is 0. The molecule has 1 N–H and O–H groups in total. The van der Waals surface area contributed by atoms with Gasteiger partial charge in [-0.3, -0.25) is 4.68 Å². The minimum absolute atomic E-state index is 0.425. The molecular formula is C15H14N6O. The summed E-state index contributed by atoms with van der Waals surface area (Å²) in [5, 5.41) is 21.0. The van der Waals surface area contributed by atoms with Crippen molar-refractivity contribution >= 4 is 5.52 Å². The fourth-order valence-electron chi connectivity index (χ4n) is 2.63. The average molecular weight is 294 g/mol. The predicted octanol–water partition coefficient (Wildman–Crippen LogP) is 1.22. The van der Waals surface area contributed by atoms with E-state index in [1.54, 1.807) is 17.8 Å². The van der Waals surface area contributed by atoms with Crippen LogP contribution in [0.25, 0.3) is 16.6 Å². The van der Waals surface area contributed by atoms with Crippen LogP contribution in [0.2, 0.25) is 0 Å². The second kappa shape index (κ2) is 4.86. The van der Waals surface area contributed by atoms with Gasteiger partial charge in [-0.25, -0.2) is 4.52 Å². The first-order valence-corrected chi connectivity index (χ1v) is 7.01. The molecule has 0 aromatic carbocycles. The summed E-state index contributed by atoms with van der Waals surface area (Å²) in [6.07, 6.45) is 7.30. The first kappa shape index (κ1) is 12.9. The molecule has 0 aliphatic carbocycles. The lowest BCUT2D eigenvalue weighted by Crippen LogP contribution is -2.43. The van der Waals surface area contributed by atoms with Crippen LogP contribution in [0.15, 0.2) is 30.9 Å². The Kier molecular flexibility index (Phi) is 2.84. The van der Waals surface area contributed by atoms with Gasteiger partial charge in [0.25, 0.3) is 0 Å². The highest BCUT2D eigenvalue weighted by Gasteiger charge is 2.20. The molecule has 4 heterocycles. The summed E-state index contributed by atoms with van der Waals surface area (Å²) in [5.74, 6) is 0.629. The molecule has 0 saturated carbocycles. The molecule has 0 atom stereocenters. The van der Waals surface area contributed by atoms with Gasteiger partial charge in [-0.1, -0.05) is 0 Å². The van der Waals surface area contributed by atoms with Crippen LogP contribution in [0.5, 0.6) is 5.75 Å². The number of fused-ring (bicyclic) bond motifs is 1. The molecule has 0 spiro atoms. The van der Waals surface area contributed by atoms with Gasteiger partial charge < -0.3 is 10.1 Å². The number of hydrogen-bond donors (Lipinski definition) is 1. The fraction of sp³-hybridized carbons (Fsp3) is 0.267. The van der Waals surface area contributed by atoms with Crippen molar-refractivity contribution < 1.29 is 4.74 Å². The molecule has 4 rings (SSSR count). The number of methoxy groups -OCH3 is 1. The van der Waals surface area contributed by atoms with Crippen LogP contribution in [0.4, 0.5) is 0 Å². The smallest absolute Gasteiger partial charge is 0.146 e. The van der Waals surface area contributed by atoms with Crippen molar-refractivity contribution in [2.45, 2.75) is 6.04 Å². The van der Waals surface area contributed by atoms with E-state index in [0.717, 1.165) is 24.2 Å². The third-order valence-electron chi connectivity index (χ3n) is 3.99. The van der Waals surface area contributed by atoms with Gasteiger partial charge in [0.05, 0.1) is 25.5 Å². The molecular weight excluding hydrogens is 280 g/mol. The van der Waals surface area contributed by atoms with Crippen molar-refractivity contribution in [1.82, 2.24) is 24.7 Å². The zero-order chi connectivity index (χ0) is 15.1. The van der Waals surface area contributed by atoms with E-state index in [1.807, 2.05) is 29.3 Å². The van der Waals surface area contributed by atoms with Crippen LogP contribution in [0.1, 0.15) is 11.6 Å². The van der Waals surface area contributed by atoms with Crippen LogP contribution in [0, 0.1) is 11.3 Å². The topological polar surface area (TPSA) is 80.2 Å². The Bertz CT molecular complexity index is 883. The van der Waals surface area contributed by atoms with Crippen molar-refractivity contribution in [3.05, 3.63) is 36.4 Å². The third kappa shape index (κ3) is 1.85. The minimum atomic E-state index is 0.425. The third-order valence-corrected chi connectivity index (χ3v) is 3.99. The van der Waals surface area contributed by atoms with Crippen LogP contribution in [0.3, 0.4) is 0 Å². The molecule has 110 valence electrons. The highest BCUT2D eigenvalue weighted by atomic mass is 16.5. The zero-order valence-electron chi connectivity index (χ0n) is 12.0. The largest absolute Gasteiger partial charge is 0.494 e. The van der Waals surface area contributed by atoms with Gasteiger partial charge in [-0.2, -0.15) is 15.5 Å². The van der Waals surface area contributed by atoms with E-state index in [9.17, 15) is 0 Å². The van der Waals surface area contributed by atoms with Gasteiger partial charge >= 0.3 is 0 Å². The summed E-state index contributed by atoms with van der Waals surface area (Å²) in [4.78, 5) is 0. The molecule has 0 radical (unpaired) electrons. The first-order valence-electron chi connectivity index (χ1n) is 7.01. The predicted molar refractivity (Wildman–Crippen MR) is 79.6 cm³/mol. The molecule has 22 heavy (non-hydrogen) atoms. The minimum Gasteiger partial charge on any atom is -0.494 e. The molecule has 0 bridgehead atoms. The number of hydrogen-bond acceptors (Lipinski definition) is 5. The number of aromatic nitrogens is 4. The lowest BCUT2D eigenvalue weighted by molar-refractivity contribution is 0.318. The molecule has 1 aliphatic rings. The highest BCUT2D eigenvalue weighted by molar-refractivity contribution is 5.74. The SMILES string of the molecule is COc1cc(-c2cnn(C3CNC3)c2)cn2ncc(C#N)c12. The number of rotatable bonds is 3. The Morgan fingerprint density at radius 3 is 2.82 bits per heavy atom. The lowest BCUT2D eigenvalue weighted by atomic mass is 10.1. The van der Waals surface area contributed by atoms with Crippen molar-refractivity contribution in [1.29, 1.82) is 5.26 Å². The number of nitrogens with zero attached hydrogens (tertiary/aromatic N) is 5. The van der Waals surface area contributed by atoms with Crippen LogP contribution in [-0.4, -0.2) is 39.6 Å². The normalized spacial score (nSPS) is 14.7. The average Bonchev–Trinajstić information content (AvgIpc) is 3.11. The Hall–Kier alpha value is -2.85. The van der Waals surface area contributed by atoms with Gasteiger partial charge in [0.2, 0.25) is 0 Å². The second-order valence-corrected chi connectivity index (χ2v) is 5.28. The molecule has 0 amide bonds. The number of nitrogens with one attached hydrogen (secondary N) is 1. The monoisotopic (exact) mass is 294 g/mol. The Morgan fingerprint density at radius 2 is 2.14 bits per heavy atom. The molecule has 1 saturated heterocycles. The van der Waals surface area contributed by atoms with E-state index >= 15 is 0 Å². The van der Waals surface area contributed by atoms with E-state index in [2.05, 4.69) is 21.6 Å². The van der Waals surface area contributed by atoms with E-state index in [1.165, 1.54) is 0 Å². The number of pyridine rings is 1. The van der Waals surface area contributed by atoms with Crippen LogP contribution in [-0.2, 0) is 0 Å². The lowest BCUT2D eigenvalue weighted by Gasteiger charge is -2.27. The molecule has 3 aromatic heterocycles. The quantitative estimate of drug-likeness (QED) is 0.785. The maximum Gasteiger partial charge on any atom is 0.146 e.